The van der Waals surface area contributed by atoms with Crippen LogP contribution in [0.2, 0.25) is 0 Å². The molecule has 0 saturated heterocycles. The van der Waals surface area contributed by atoms with Gasteiger partial charge in [-0.1, -0.05) is 0 Å². The van der Waals surface area contributed by atoms with Gasteiger partial charge in [0.2, 0.25) is 5.13 Å². The number of aliphatic hydroxyl groups is 1. The van der Waals surface area contributed by atoms with E-state index in [0.717, 1.165) is 5.69 Å². The highest BCUT2D eigenvalue weighted by molar-refractivity contribution is 7.13. The second-order valence-corrected chi connectivity index (χ2v) is 4.81. The van der Waals surface area contributed by atoms with Crippen molar-refractivity contribution in [3.63, 3.8) is 0 Å². The van der Waals surface area contributed by atoms with Gasteiger partial charge in [-0.3, -0.25) is 10.4 Å². The van der Waals surface area contributed by atoms with Crippen molar-refractivity contribution in [2.24, 2.45) is 5.10 Å². The van der Waals surface area contributed by atoms with Gasteiger partial charge in [0.05, 0.1) is 24.2 Å². The topological polar surface area (TPSA) is 90.6 Å². The van der Waals surface area contributed by atoms with E-state index in [-0.39, 0.29) is 12.4 Å². The number of thiazole rings is 1. The molecule has 0 fully saturated rings. The van der Waals surface area contributed by atoms with E-state index in [1.54, 1.807) is 6.92 Å². The number of aryl methyl sites for hydroxylation is 2. The summed E-state index contributed by atoms with van der Waals surface area (Å²) in [6, 6.07) is 0. The molecule has 6 nitrogen and oxygen atoms in total. The fourth-order valence-electron chi connectivity index (χ4n) is 1.48. The van der Waals surface area contributed by atoms with E-state index in [9.17, 15) is 10.2 Å². The third kappa shape index (κ3) is 3.07. The first-order valence-electron chi connectivity index (χ1n) is 5.61. The minimum atomic E-state index is -0.210. The van der Waals surface area contributed by atoms with Gasteiger partial charge in [0.15, 0.2) is 0 Å². The van der Waals surface area contributed by atoms with Crippen molar-refractivity contribution >= 4 is 22.7 Å². The average molecular weight is 278 g/mol. The molecule has 0 saturated carbocycles. The number of nitrogens with one attached hydrogen (secondary N) is 1. The number of rotatable bonds is 4. The summed E-state index contributed by atoms with van der Waals surface area (Å²) in [4.78, 5) is 8.17. The summed E-state index contributed by atoms with van der Waals surface area (Å²) in [5.74, 6) is 0.0208. The zero-order chi connectivity index (χ0) is 13.8. The van der Waals surface area contributed by atoms with E-state index in [2.05, 4.69) is 20.5 Å². The number of hydrazone groups is 1. The Kier molecular flexibility index (Phi) is 4.08. The van der Waals surface area contributed by atoms with Crippen LogP contribution >= 0.6 is 11.3 Å². The number of anilines is 1. The predicted molar refractivity (Wildman–Crippen MR) is 74.6 cm³/mol. The highest BCUT2D eigenvalue weighted by atomic mass is 32.1. The summed E-state index contributed by atoms with van der Waals surface area (Å²) in [7, 11) is 0. The van der Waals surface area contributed by atoms with E-state index in [1.165, 1.54) is 23.7 Å². The largest absolute Gasteiger partial charge is 0.505 e. The molecular formula is C12H14N4O2S. The molecular weight excluding hydrogens is 264 g/mol. The van der Waals surface area contributed by atoms with Crippen LogP contribution in [0.15, 0.2) is 16.7 Å². The van der Waals surface area contributed by atoms with Crippen molar-refractivity contribution in [1.82, 2.24) is 9.97 Å². The Morgan fingerprint density at radius 2 is 2.26 bits per heavy atom. The van der Waals surface area contributed by atoms with Gasteiger partial charge >= 0.3 is 0 Å². The molecule has 7 heteroatoms. The highest BCUT2D eigenvalue weighted by Gasteiger charge is 2.09. The maximum atomic E-state index is 9.91. The zero-order valence-electron chi connectivity index (χ0n) is 10.6. The number of hydrogen-bond acceptors (Lipinski definition) is 7. The van der Waals surface area contributed by atoms with E-state index in [0.29, 0.717) is 22.0 Å². The Hall–Kier alpha value is -1.99. The predicted octanol–water partition coefficient (Wildman–Crippen LogP) is 1.80. The maximum Gasteiger partial charge on any atom is 0.203 e. The summed E-state index contributed by atoms with van der Waals surface area (Å²) in [5, 5.41) is 25.7. The number of pyridine rings is 1. The van der Waals surface area contributed by atoms with Crippen LogP contribution in [0.5, 0.6) is 5.75 Å². The van der Waals surface area contributed by atoms with E-state index in [4.69, 9.17) is 0 Å². The lowest BCUT2D eigenvalue weighted by Gasteiger charge is -2.06. The van der Waals surface area contributed by atoms with E-state index >= 15 is 0 Å². The molecule has 19 heavy (non-hydrogen) atoms. The molecule has 0 amide bonds. The smallest absolute Gasteiger partial charge is 0.203 e. The van der Waals surface area contributed by atoms with Gasteiger partial charge in [-0.2, -0.15) is 5.10 Å². The molecule has 0 aliphatic carbocycles. The molecule has 2 aromatic heterocycles. The molecule has 0 unspecified atom stereocenters. The molecule has 0 spiro atoms. The molecule has 2 heterocycles. The molecule has 0 bridgehead atoms. The molecule has 0 aromatic carbocycles. The fourth-order valence-corrected chi connectivity index (χ4v) is 2.12. The molecule has 2 aromatic rings. The lowest BCUT2D eigenvalue weighted by atomic mass is 10.1. The monoisotopic (exact) mass is 278 g/mol. The minimum absolute atomic E-state index is 0.0208. The minimum Gasteiger partial charge on any atom is -0.505 e. The summed E-state index contributed by atoms with van der Waals surface area (Å²) in [6.45, 7) is 3.37. The van der Waals surface area contributed by atoms with Crippen molar-refractivity contribution in [3.8, 4) is 5.75 Å². The molecule has 0 atom stereocenters. The molecule has 0 radical (unpaired) electrons. The lowest BCUT2D eigenvalue weighted by Crippen LogP contribution is -1.99. The molecule has 0 aliphatic rings. The summed E-state index contributed by atoms with van der Waals surface area (Å²) in [5.41, 5.74) is 5.16. The third-order valence-corrected chi connectivity index (χ3v) is 3.37. The van der Waals surface area contributed by atoms with Gasteiger partial charge < -0.3 is 10.2 Å². The van der Waals surface area contributed by atoms with Crippen molar-refractivity contribution in [1.29, 1.82) is 0 Å². The lowest BCUT2D eigenvalue weighted by molar-refractivity contribution is 0.280. The van der Waals surface area contributed by atoms with Crippen molar-refractivity contribution < 1.29 is 10.2 Å². The van der Waals surface area contributed by atoms with Gasteiger partial charge in [0, 0.05) is 22.7 Å². The second kappa shape index (κ2) is 5.77. The Labute approximate surface area is 114 Å². The van der Waals surface area contributed by atoms with Gasteiger partial charge in [-0.05, 0) is 13.8 Å². The van der Waals surface area contributed by atoms with Crippen LogP contribution in [0.1, 0.15) is 22.5 Å². The van der Waals surface area contributed by atoms with Crippen LogP contribution in [0.3, 0.4) is 0 Å². The van der Waals surface area contributed by atoms with Crippen LogP contribution in [-0.2, 0) is 6.61 Å². The van der Waals surface area contributed by atoms with Crippen LogP contribution in [0.4, 0.5) is 5.13 Å². The van der Waals surface area contributed by atoms with Crippen LogP contribution in [-0.4, -0.2) is 26.4 Å². The number of aromatic hydroxyl groups is 1. The third-order valence-electron chi connectivity index (χ3n) is 2.50. The van der Waals surface area contributed by atoms with E-state index < -0.39 is 0 Å². The number of hydrogen-bond donors (Lipinski definition) is 3. The Morgan fingerprint density at radius 3 is 2.89 bits per heavy atom. The van der Waals surface area contributed by atoms with Crippen molar-refractivity contribution in [3.05, 3.63) is 34.1 Å². The van der Waals surface area contributed by atoms with Crippen LogP contribution in [0, 0.1) is 13.8 Å². The Bertz CT molecular complexity index is 610. The van der Waals surface area contributed by atoms with Gasteiger partial charge in [-0.25, -0.2) is 4.98 Å². The quantitative estimate of drug-likeness (QED) is 0.586. The molecule has 0 aliphatic heterocycles. The Morgan fingerprint density at radius 1 is 1.47 bits per heavy atom. The first-order chi connectivity index (χ1) is 9.11. The van der Waals surface area contributed by atoms with Crippen LogP contribution < -0.4 is 5.43 Å². The SMILES string of the molecule is Cc1csc(N/N=C/c2c(CO)cnc(C)c2O)n1. The summed E-state index contributed by atoms with van der Waals surface area (Å²) in [6.07, 6.45) is 2.97. The van der Waals surface area contributed by atoms with Crippen molar-refractivity contribution in [2.45, 2.75) is 20.5 Å². The van der Waals surface area contributed by atoms with Crippen molar-refractivity contribution in [2.75, 3.05) is 5.43 Å². The fraction of sp³-hybridized carbons (Fsp3) is 0.250. The molecule has 2 rings (SSSR count). The van der Waals surface area contributed by atoms with E-state index in [1.807, 2.05) is 12.3 Å². The van der Waals surface area contributed by atoms with Gasteiger partial charge in [0.25, 0.3) is 0 Å². The maximum absolute atomic E-state index is 9.91. The number of aliphatic hydroxyl groups excluding tert-OH is 1. The summed E-state index contributed by atoms with van der Waals surface area (Å²) < 4.78 is 0. The van der Waals surface area contributed by atoms with Gasteiger partial charge in [-0.15, -0.1) is 11.3 Å². The molecule has 3 N–H and O–H groups in total. The Balaban J connectivity index is 2.20. The first kappa shape index (κ1) is 13.4. The molecule has 100 valence electrons. The normalized spacial score (nSPS) is 11.1. The van der Waals surface area contributed by atoms with Crippen LogP contribution in [0.25, 0.3) is 0 Å². The first-order valence-corrected chi connectivity index (χ1v) is 6.49. The highest BCUT2D eigenvalue weighted by Crippen LogP contribution is 2.22. The number of aromatic nitrogens is 2. The van der Waals surface area contributed by atoms with Gasteiger partial charge in [0.1, 0.15) is 5.75 Å². The second-order valence-electron chi connectivity index (χ2n) is 3.95. The standard InChI is InChI=1S/C12H14N4O2S/c1-7-6-19-12(15-7)16-14-4-10-9(5-17)3-13-8(2)11(10)18/h3-4,6,17-18H,5H2,1-2H3,(H,15,16)/b14-4+. The average Bonchev–Trinajstić information content (AvgIpc) is 2.80. The number of nitrogens with zero attached hydrogens (tertiary/aromatic N) is 3. The summed E-state index contributed by atoms with van der Waals surface area (Å²) >= 11 is 1.44. The zero-order valence-corrected chi connectivity index (χ0v) is 11.4.